The number of hydrogen-bond donors (Lipinski definition) is 1. The number of hydrogen-bond acceptors (Lipinski definition) is 7. The second-order valence-electron chi connectivity index (χ2n) is 6.76. The Morgan fingerprint density at radius 2 is 1.82 bits per heavy atom. The van der Waals surface area contributed by atoms with Gasteiger partial charge in [0.15, 0.2) is 5.76 Å². The minimum Gasteiger partial charge on any atom is -0.461 e. The Kier molecular flexibility index (Phi) is 6.97. The number of ether oxygens (including phenoxy) is 2. The van der Waals surface area contributed by atoms with Crippen LogP contribution in [0.25, 0.3) is 17.3 Å². The van der Waals surface area contributed by atoms with Crippen LogP contribution < -0.4 is 9.46 Å². The minimum absolute atomic E-state index is 0.112. The molecule has 0 spiro atoms. The van der Waals surface area contributed by atoms with Gasteiger partial charge >= 0.3 is 6.01 Å². The first-order valence-corrected chi connectivity index (χ1v) is 11.9. The van der Waals surface area contributed by atoms with E-state index in [4.69, 9.17) is 25.5 Å². The second kappa shape index (κ2) is 10.1. The number of benzene rings is 2. The Bertz CT molecular complexity index is 1290. The van der Waals surface area contributed by atoms with Crippen molar-refractivity contribution in [2.75, 3.05) is 24.5 Å². The average molecular weight is 489 g/mol. The van der Waals surface area contributed by atoms with E-state index in [1.54, 1.807) is 47.3 Å². The van der Waals surface area contributed by atoms with E-state index in [0.717, 1.165) is 0 Å². The van der Waals surface area contributed by atoms with Gasteiger partial charge in [0.1, 0.15) is 6.61 Å². The summed E-state index contributed by atoms with van der Waals surface area (Å²) in [6, 6.07) is 16.3. The van der Waals surface area contributed by atoms with Crippen molar-refractivity contribution in [2.45, 2.75) is 11.8 Å². The molecule has 0 bridgehead atoms. The largest absolute Gasteiger partial charge is 0.461 e. The van der Waals surface area contributed by atoms with Crippen molar-refractivity contribution in [3.05, 3.63) is 71.9 Å². The number of anilines is 1. The third-order valence-corrected chi connectivity index (χ3v) is 6.13. The van der Waals surface area contributed by atoms with Crippen molar-refractivity contribution >= 4 is 27.3 Å². The van der Waals surface area contributed by atoms with Crippen molar-refractivity contribution in [2.24, 2.45) is 0 Å². The van der Waals surface area contributed by atoms with Crippen LogP contribution in [-0.2, 0) is 14.8 Å². The maximum absolute atomic E-state index is 12.6. The van der Waals surface area contributed by atoms with Gasteiger partial charge < -0.3 is 13.9 Å². The normalized spacial score (nSPS) is 11.5. The Balaban J connectivity index is 1.56. The molecule has 2 heterocycles. The van der Waals surface area contributed by atoms with Gasteiger partial charge in [-0.15, -0.1) is 5.10 Å². The van der Waals surface area contributed by atoms with Crippen molar-refractivity contribution in [1.82, 2.24) is 14.8 Å². The Morgan fingerprint density at radius 3 is 2.48 bits per heavy atom. The lowest BCUT2D eigenvalue weighted by atomic mass is 10.3. The summed E-state index contributed by atoms with van der Waals surface area (Å²) in [4.78, 5) is 4.53. The lowest BCUT2D eigenvalue weighted by molar-refractivity contribution is 0.106. The molecular weight excluding hydrogens is 468 g/mol. The molecule has 0 fully saturated rings. The van der Waals surface area contributed by atoms with E-state index < -0.39 is 10.0 Å². The highest BCUT2D eigenvalue weighted by molar-refractivity contribution is 7.92. The number of nitrogens with zero attached hydrogens (tertiary/aromatic N) is 3. The molecule has 0 aliphatic rings. The first kappa shape index (κ1) is 22.8. The standard InChI is InChI=1S/C22H21ClN4O5S/c1-2-30-14-15-32-22-24-21(20-4-3-13-31-20)27(25-22)18-9-7-17(8-10-18)26-33(28,29)19-11-5-16(23)6-12-19/h3-13,26H,2,14-15H2,1H3. The van der Waals surface area contributed by atoms with E-state index in [9.17, 15) is 8.42 Å². The fraction of sp³-hybridized carbons (Fsp3) is 0.182. The highest BCUT2D eigenvalue weighted by Crippen LogP contribution is 2.25. The molecule has 11 heteroatoms. The van der Waals surface area contributed by atoms with E-state index in [2.05, 4.69) is 14.8 Å². The number of halogens is 1. The maximum Gasteiger partial charge on any atom is 0.336 e. The first-order valence-electron chi connectivity index (χ1n) is 10.1. The second-order valence-corrected chi connectivity index (χ2v) is 8.88. The Morgan fingerprint density at radius 1 is 1.06 bits per heavy atom. The van der Waals surface area contributed by atoms with Gasteiger partial charge in [0.05, 0.1) is 23.5 Å². The molecule has 4 rings (SSSR count). The molecule has 0 aliphatic carbocycles. The number of nitrogens with one attached hydrogen (secondary N) is 1. The zero-order valence-corrected chi connectivity index (χ0v) is 19.2. The van der Waals surface area contributed by atoms with Crippen molar-refractivity contribution in [3.8, 4) is 23.3 Å². The molecule has 33 heavy (non-hydrogen) atoms. The van der Waals surface area contributed by atoms with Crippen molar-refractivity contribution in [1.29, 1.82) is 0 Å². The predicted octanol–water partition coefficient (Wildman–Crippen LogP) is 4.40. The Labute approximate surface area is 196 Å². The summed E-state index contributed by atoms with van der Waals surface area (Å²) in [5.41, 5.74) is 1.03. The summed E-state index contributed by atoms with van der Waals surface area (Å²) in [6.07, 6.45) is 1.54. The van der Waals surface area contributed by atoms with Crippen LogP contribution >= 0.6 is 11.6 Å². The fourth-order valence-corrected chi connectivity index (χ4v) is 4.12. The molecule has 4 aromatic rings. The third-order valence-electron chi connectivity index (χ3n) is 4.48. The van der Waals surface area contributed by atoms with Gasteiger partial charge in [-0.2, -0.15) is 4.98 Å². The van der Waals surface area contributed by atoms with E-state index >= 15 is 0 Å². The van der Waals surface area contributed by atoms with E-state index in [1.807, 2.05) is 6.92 Å². The van der Waals surface area contributed by atoms with Crippen molar-refractivity contribution in [3.63, 3.8) is 0 Å². The molecule has 172 valence electrons. The van der Waals surface area contributed by atoms with Crippen LogP contribution in [0.15, 0.2) is 76.2 Å². The minimum atomic E-state index is -3.75. The van der Waals surface area contributed by atoms with Crippen LogP contribution in [0.5, 0.6) is 6.01 Å². The molecule has 0 aliphatic heterocycles. The molecule has 9 nitrogen and oxygen atoms in total. The van der Waals surface area contributed by atoms with Crippen LogP contribution in [0.4, 0.5) is 5.69 Å². The summed E-state index contributed by atoms with van der Waals surface area (Å²) < 4.78 is 45.7. The van der Waals surface area contributed by atoms with Gasteiger partial charge in [0.25, 0.3) is 10.0 Å². The zero-order valence-electron chi connectivity index (χ0n) is 17.6. The molecule has 0 saturated heterocycles. The van der Waals surface area contributed by atoms with Crippen LogP contribution in [-0.4, -0.2) is 43.0 Å². The quantitative estimate of drug-likeness (QED) is 0.329. The summed E-state index contributed by atoms with van der Waals surface area (Å²) in [5, 5.41) is 4.87. The Hall–Kier alpha value is -3.34. The lowest BCUT2D eigenvalue weighted by Gasteiger charge is -2.09. The van der Waals surface area contributed by atoms with Gasteiger partial charge in [-0.1, -0.05) is 11.6 Å². The van der Waals surface area contributed by atoms with E-state index in [0.29, 0.717) is 47.8 Å². The monoisotopic (exact) mass is 488 g/mol. The van der Waals surface area contributed by atoms with E-state index in [-0.39, 0.29) is 10.9 Å². The van der Waals surface area contributed by atoms with Gasteiger partial charge in [0, 0.05) is 17.3 Å². The summed E-state index contributed by atoms with van der Waals surface area (Å²) in [7, 11) is -3.75. The molecule has 0 radical (unpaired) electrons. The summed E-state index contributed by atoms with van der Waals surface area (Å²) in [6.45, 7) is 3.22. The lowest BCUT2D eigenvalue weighted by Crippen LogP contribution is -2.12. The third kappa shape index (κ3) is 5.54. The highest BCUT2D eigenvalue weighted by Gasteiger charge is 2.18. The molecule has 2 aromatic carbocycles. The number of sulfonamides is 1. The van der Waals surface area contributed by atoms with Gasteiger partial charge in [-0.3, -0.25) is 4.72 Å². The van der Waals surface area contributed by atoms with Crippen molar-refractivity contribution < 1.29 is 22.3 Å². The SMILES string of the molecule is CCOCCOc1nc(-c2ccco2)n(-c2ccc(NS(=O)(=O)c3ccc(Cl)cc3)cc2)n1. The molecular formula is C22H21ClN4O5S. The van der Waals surface area contributed by atoms with Gasteiger partial charge in [0.2, 0.25) is 5.82 Å². The maximum atomic E-state index is 12.6. The average Bonchev–Trinajstić information content (AvgIpc) is 3.47. The molecule has 0 atom stereocenters. The van der Waals surface area contributed by atoms with E-state index in [1.165, 1.54) is 24.3 Å². The number of rotatable bonds is 10. The molecule has 0 saturated carbocycles. The van der Waals surface area contributed by atoms with Gasteiger partial charge in [-0.25, -0.2) is 13.1 Å². The zero-order chi connectivity index (χ0) is 23.3. The van der Waals surface area contributed by atoms with Crippen LogP contribution in [0.2, 0.25) is 5.02 Å². The summed E-state index contributed by atoms with van der Waals surface area (Å²) >= 11 is 5.84. The topological polar surface area (TPSA) is 108 Å². The van der Waals surface area contributed by atoms with Crippen LogP contribution in [0, 0.1) is 0 Å². The fourth-order valence-electron chi connectivity index (χ4n) is 2.93. The summed E-state index contributed by atoms with van der Waals surface area (Å²) in [5.74, 6) is 0.954. The number of furan rings is 1. The molecule has 0 unspecified atom stereocenters. The smallest absolute Gasteiger partial charge is 0.336 e. The first-order chi connectivity index (χ1) is 16.0. The molecule has 1 N–H and O–H groups in total. The van der Waals surface area contributed by atoms with Gasteiger partial charge in [-0.05, 0) is 67.6 Å². The highest BCUT2D eigenvalue weighted by atomic mass is 35.5. The molecule has 0 amide bonds. The number of aromatic nitrogens is 3. The molecule has 2 aromatic heterocycles. The van der Waals surface area contributed by atoms with Crippen LogP contribution in [0.1, 0.15) is 6.92 Å². The predicted molar refractivity (Wildman–Crippen MR) is 123 cm³/mol. The van der Waals surface area contributed by atoms with Crippen LogP contribution in [0.3, 0.4) is 0 Å².